The molecule has 1 aliphatic rings. The van der Waals surface area contributed by atoms with Crippen molar-refractivity contribution in [3.63, 3.8) is 0 Å². The SMILES string of the molecule is CC1CN(CC(=O)NC(C)c2ccc(F)cc2)CC(C)N1. The van der Waals surface area contributed by atoms with Crippen LogP contribution in [0, 0.1) is 5.82 Å². The van der Waals surface area contributed by atoms with Crippen molar-refractivity contribution in [1.82, 2.24) is 15.5 Å². The molecule has 1 fully saturated rings. The van der Waals surface area contributed by atoms with Crippen LogP contribution >= 0.6 is 0 Å². The Morgan fingerprint density at radius 3 is 2.48 bits per heavy atom. The van der Waals surface area contributed by atoms with Gasteiger partial charge in [-0.1, -0.05) is 12.1 Å². The molecule has 3 atom stereocenters. The van der Waals surface area contributed by atoms with Gasteiger partial charge in [-0.3, -0.25) is 9.69 Å². The lowest BCUT2D eigenvalue weighted by Crippen LogP contribution is -2.56. The lowest BCUT2D eigenvalue weighted by atomic mass is 10.1. The van der Waals surface area contributed by atoms with Crippen LogP contribution in [0.1, 0.15) is 32.4 Å². The van der Waals surface area contributed by atoms with Gasteiger partial charge in [0.2, 0.25) is 5.91 Å². The fourth-order valence-corrected chi connectivity index (χ4v) is 2.89. The van der Waals surface area contributed by atoms with Crippen molar-refractivity contribution in [2.75, 3.05) is 19.6 Å². The molecule has 1 aromatic rings. The monoisotopic (exact) mass is 293 g/mol. The number of amides is 1. The van der Waals surface area contributed by atoms with Gasteiger partial charge in [0, 0.05) is 25.2 Å². The Balaban J connectivity index is 1.85. The largest absolute Gasteiger partial charge is 0.348 e. The number of carbonyl (C=O) groups excluding carboxylic acids is 1. The van der Waals surface area contributed by atoms with E-state index in [1.54, 1.807) is 12.1 Å². The molecule has 2 N–H and O–H groups in total. The number of hydrogen-bond donors (Lipinski definition) is 2. The van der Waals surface area contributed by atoms with E-state index in [2.05, 4.69) is 29.4 Å². The molecule has 5 heteroatoms. The highest BCUT2D eigenvalue weighted by Gasteiger charge is 2.23. The van der Waals surface area contributed by atoms with Crippen LogP contribution in [-0.2, 0) is 4.79 Å². The normalized spacial score (nSPS) is 24.6. The molecule has 1 saturated heterocycles. The number of hydrogen-bond acceptors (Lipinski definition) is 3. The van der Waals surface area contributed by atoms with E-state index in [-0.39, 0.29) is 17.8 Å². The van der Waals surface area contributed by atoms with Crippen LogP contribution in [0.15, 0.2) is 24.3 Å². The molecule has 0 aliphatic carbocycles. The standard InChI is InChI=1S/C16H24FN3O/c1-11-8-20(9-12(2)18-11)10-16(21)19-13(3)14-4-6-15(17)7-5-14/h4-7,11-13,18H,8-10H2,1-3H3,(H,19,21). The van der Waals surface area contributed by atoms with E-state index in [1.165, 1.54) is 12.1 Å². The second-order valence-electron chi connectivity index (χ2n) is 6.00. The summed E-state index contributed by atoms with van der Waals surface area (Å²) in [4.78, 5) is 14.3. The Morgan fingerprint density at radius 1 is 1.33 bits per heavy atom. The molecule has 21 heavy (non-hydrogen) atoms. The average Bonchev–Trinajstić information content (AvgIpc) is 2.37. The van der Waals surface area contributed by atoms with Gasteiger partial charge in [-0.2, -0.15) is 0 Å². The van der Waals surface area contributed by atoms with Crippen molar-refractivity contribution in [2.45, 2.75) is 38.9 Å². The van der Waals surface area contributed by atoms with Crippen LogP contribution in [0.5, 0.6) is 0 Å². The van der Waals surface area contributed by atoms with Crippen molar-refractivity contribution in [1.29, 1.82) is 0 Å². The van der Waals surface area contributed by atoms with E-state index >= 15 is 0 Å². The first-order chi connectivity index (χ1) is 9.94. The van der Waals surface area contributed by atoms with Gasteiger partial charge in [-0.05, 0) is 38.5 Å². The van der Waals surface area contributed by atoms with Gasteiger partial charge in [0.05, 0.1) is 12.6 Å². The molecule has 0 bridgehead atoms. The van der Waals surface area contributed by atoms with E-state index < -0.39 is 0 Å². The molecule has 0 saturated carbocycles. The molecular formula is C16H24FN3O. The minimum absolute atomic E-state index is 0.00752. The Hall–Kier alpha value is -1.46. The first-order valence-electron chi connectivity index (χ1n) is 7.47. The van der Waals surface area contributed by atoms with Crippen LogP contribution in [-0.4, -0.2) is 42.5 Å². The molecule has 1 aliphatic heterocycles. The van der Waals surface area contributed by atoms with Gasteiger partial charge in [0.1, 0.15) is 5.82 Å². The highest BCUT2D eigenvalue weighted by molar-refractivity contribution is 5.78. The number of halogens is 1. The smallest absolute Gasteiger partial charge is 0.234 e. The lowest BCUT2D eigenvalue weighted by molar-refractivity contribution is -0.123. The van der Waals surface area contributed by atoms with Crippen LogP contribution in [0.2, 0.25) is 0 Å². The number of piperazine rings is 1. The Kier molecular flexibility index (Phi) is 5.31. The quantitative estimate of drug-likeness (QED) is 0.888. The van der Waals surface area contributed by atoms with E-state index in [0.717, 1.165) is 18.7 Å². The number of rotatable bonds is 4. The zero-order valence-electron chi connectivity index (χ0n) is 12.9. The van der Waals surface area contributed by atoms with Gasteiger partial charge < -0.3 is 10.6 Å². The number of benzene rings is 1. The van der Waals surface area contributed by atoms with Crippen molar-refractivity contribution >= 4 is 5.91 Å². The van der Waals surface area contributed by atoms with Crippen molar-refractivity contribution in [2.24, 2.45) is 0 Å². The maximum atomic E-state index is 12.9. The van der Waals surface area contributed by atoms with Gasteiger partial charge in [0.15, 0.2) is 0 Å². The van der Waals surface area contributed by atoms with Crippen LogP contribution < -0.4 is 10.6 Å². The van der Waals surface area contributed by atoms with Crippen molar-refractivity contribution < 1.29 is 9.18 Å². The highest BCUT2D eigenvalue weighted by Crippen LogP contribution is 2.13. The molecule has 0 spiro atoms. The predicted octanol–water partition coefficient (Wildman–Crippen LogP) is 1.69. The Labute approximate surface area is 125 Å². The molecule has 1 heterocycles. The summed E-state index contributed by atoms with van der Waals surface area (Å²) in [5.41, 5.74) is 0.909. The fourth-order valence-electron chi connectivity index (χ4n) is 2.89. The third kappa shape index (κ3) is 4.79. The highest BCUT2D eigenvalue weighted by atomic mass is 19.1. The minimum Gasteiger partial charge on any atom is -0.348 e. The zero-order valence-corrected chi connectivity index (χ0v) is 12.9. The zero-order chi connectivity index (χ0) is 15.4. The van der Waals surface area contributed by atoms with E-state index in [1.807, 2.05) is 6.92 Å². The summed E-state index contributed by atoms with van der Waals surface area (Å²) < 4.78 is 12.9. The lowest BCUT2D eigenvalue weighted by Gasteiger charge is -2.35. The van der Waals surface area contributed by atoms with Crippen LogP contribution in [0.4, 0.5) is 4.39 Å². The Bertz CT molecular complexity index is 467. The third-order valence-corrected chi connectivity index (χ3v) is 3.75. The summed E-state index contributed by atoms with van der Waals surface area (Å²) >= 11 is 0. The third-order valence-electron chi connectivity index (χ3n) is 3.75. The summed E-state index contributed by atoms with van der Waals surface area (Å²) in [6.45, 7) is 8.32. The average molecular weight is 293 g/mol. The van der Waals surface area contributed by atoms with E-state index in [4.69, 9.17) is 0 Å². The molecule has 2 rings (SSSR count). The van der Waals surface area contributed by atoms with Crippen molar-refractivity contribution in [3.05, 3.63) is 35.6 Å². The molecule has 0 radical (unpaired) electrons. The summed E-state index contributed by atoms with van der Waals surface area (Å²) in [6.07, 6.45) is 0. The Morgan fingerprint density at radius 2 is 1.90 bits per heavy atom. The van der Waals surface area contributed by atoms with E-state index in [9.17, 15) is 9.18 Å². The predicted molar refractivity (Wildman–Crippen MR) is 81.5 cm³/mol. The molecule has 1 amide bonds. The summed E-state index contributed by atoms with van der Waals surface area (Å²) in [6, 6.07) is 6.92. The topological polar surface area (TPSA) is 44.4 Å². The van der Waals surface area contributed by atoms with Gasteiger partial charge >= 0.3 is 0 Å². The fraction of sp³-hybridized carbons (Fsp3) is 0.562. The van der Waals surface area contributed by atoms with E-state index in [0.29, 0.717) is 18.6 Å². The van der Waals surface area contributed by atoms with Crippen LogP contribution in [0.25, 0.3) is 0 Å². The maximum Gasteiger partial charge on any atom is 0.234 e. The molecule has 4 nitrogen and oxygen atoms in total. The van der Waals surface area contributed by atoms with Gasteiger partial charge in [0.25, 0.3) is 0 Å². The second-order valence-corrected chi connectivity index (χ2v) is 6.00. The minimum atomic E-state index is -0.263. The number of nitrogens with zero attached hydrogens (tertiary/aromatic N) is 1. The molecular weight excluding hydrogens is 269 g/mol. The number of nitrogens with one attached hydrogen (secondary N) is 2. The molecule has 3 unspecified atom stereocenters. The van der Waals surface area contributed by atoms with Crippen molar-refractivity contribution in [3.8, 4) is 0 Å². The van der Waals surface area contributed by atoms with Gasteiger partial charge in [-0.25, -0.2) is 4.39 Å². The molecule has 1 aromatic carbocycles. The first kappa shape index (κ1) is 15.9. The first-order valence-corrected chi connectivity index (χ1v) is 7.47. The maximum absolute atomic E-state index is 12.9. The van der Waals surface area contributed by atoms with Gasteiger partial charge in [-0.15, -0.1) is 0 Å². The summed E-state index contributed by atoms with van der Waals surface area (Å²) in [5, 5.41) is 6.41. The second kappa shape index (κ2) is 7.00. The molecule has 116 valence electrons. The molecule has 0 aromatic heterocycles. The number of carbonyl (C=O) groups is 1. The van der Waals surface area contributed by atoms with Crippen LogP contribution in [0.3, 0.4) is 0 Å². The summed E-state index contributed by atoms with van der Waals surface area (Å²) in [5.74, 6) is -0.255. The summed E-state index contributed by atoms with van der Waals surface area (Å²) in [7, 11) is 0.